The van der Waals surface area contributed by atoms with E-state index in [0.29, 0.717) is 30.8 Å². The molecule has 0 atom stereocenters. The number of nitrogens with zero attached hydrogens (tertiary/aromatic N) is 1. The molecule has 1 N–H and O–H groups in total. The van der Waals surface area contributed by atoms with Crippen LogP contribution in [0.4, 0.5) is 13.2 Å². The van der Waals surface area contributed by atoms with Gasteiger partial charge in [0.15, 0.2) is 5.75 Å². The van der Waals surface area contributed by atoms with Crippen LogP contribution in [0.15, 0.2) is 53.5 Å². The summed E-state index contributed by atoms with van der Waals surface area (Å²) < 4.78 is 52.2. The van der Waals surface area contributed by atoms with Crippen LogP contribution in [-0.4, -0.2) is 22.9 Å². The molecule has 0 spiro atoms. The number of aromatic nitrogens is 2. The molecule has 0 fully saturated rings. The third-order valence-electron chi connectivity index (χ3n) is 4.15. The van der Waals surface area contributed by atoms with Crippen LogP contribution in [0.3, 0.4) is 0 Å². The maximum absolute atomic E-state index is 12.4. The molecule has 164 valence electrons. The smallest absolute Gasteiger partial charge is 0.464 e. The van der Waals surface area contributed by atoms with Crippen molar-refractivity contribution in [1.82, 2.24) is 9.97 Å². The Labute approximate surface area is 180 Å². The normalized spacial score (nSPS) is 11.3. The van der Waals surface area contributed by atoms with Gasteiger partial charge in [-0.1, -0.05) is 30.7 Å². The Bertz CT molecular complexity index is 1090. The molecule has 3 rings (SSSR count). The zero-order valence-electron chi connectivity index (χ0n) is 16.3. The lowest BCUT2D eigenvalue weighted by Crippen LogP contribution is -2.17. The maximum Gasteiger partial charge on any atom is 0.573 e. The molecule has 0 aliphatic rings. The predicted octanol–water partition coefficient (Wildman–Crippen LogP) is 5.30. The molecular weight excluding hydrogens is 437 g/mol. The Morgan fingerprint density at radius 1 is 1.10 bits per heavy atom. The van der Waals surface area contributed by atoms with E-state index in [2.05, 4.69) is 14.7 Å². The number of aromatic amines is 1. The Kier molecular flexibility index (Phi) is 7.06. The highest BCUT2D eigenvalue weighted by Crippen LogP contribution is 2.34. The zero-order valence-corrected chi connectivity index (χ0v) is 17.1. The van der Waals surface area contributed by atoms with E-state index in [-0.39, 0.29) is 22.3 Å². The summed E-state index contributed by atoms with van der Waals surface area (Å²) in [4.78, 5) is 18.4. The van der Waals surface area contributed by atoms with Crippen LogP contribution >= 0.6 is 11.6 Å². The fourth-order valence-corrected chi connectivity index (χ4v) is 2.77. The lowest BCUT2D eigenvalue weighted by atomic mass is 10.1. The van der Waals surface area contributed by atoms with E-state index in [4.69, 9.17) is 21.1 Å². The average molecular weight is 455 g/mol. The number of hydrogen-bond donors (Lipinski definition) is 1. The number of hydrogen-bond acceptors (Lipinski definition) is 5. The van der Waals surface area contributed by atoms with Crippen molar-refractivity contribution in [2.45, 2.75) is 26.1 Å². The molecule has 0 aliphatic carbocycles. The summed E-state index contributed by atoms with van der Waals surface area (Å²) in [6, 6.07) is 10.8. The molecule has 31 heavy (non-hydrogen) atoms. The average Bonchev–Trinajstić information content (AvgIpc) is 2.71. The van der Waals surface area contributed by atoms with Gasteiger partial charge in [-0.05, 0) is 36.2 Å². The molecule has 1 aromatic heterocycles. The van der Waals surface area contributed by atoms with Crippen molar-refractivity contribution in [3.8, 4) is 23.3 Å². The first-order valence-electron chi connectivity index (χ1n) is 9.27. The lowest BCUT2D eigenvalue weighted by molar-refractivity contribution is -0.274. The van der Waals surface area contributed by atoms with Gasteiger partial charge in [0.2, 0.25) is 0 Å². The molecule has 3 aromatic rings. The van der Waals surface area contributed by atoms with Crippen LogP contribution in [0.25, 0.3) is 0 Å². The summed E-state index contributed by atoms with van der Waals surface area (Å²) >= 11 is 5.73. The second-order valence-electron chi connectivity index (χ2n) is 6.37. The summed E-state index contributed by atoms with van der Waals surface area (Å²) in [5.74, 6) is 0.0236. The van der Waals surface area contributed by atoms with Gasteiger partial charge in [0.1, 0.15) is 11.5 Å². The van der Waals surface area contributed by atoms with Gasteiger partial charge in [-0.2, -0.15) is 4.98 Å². The summed E-state index contributed by atoms with van der Waals surface area (Å²) in [6.07, 6.45) is -2.14. The van der Waals surface area contributed by atoms with Gasteiger partial charge in [0.05, 0.1) is 11.6 Å². The van der Waals surface area contributed by atoms with Crippen LogP contribution in [0.2, 0.25) is 5.02 Å². The molecule has 10 heteroatoms. The second-order valence-corrected chi connectivity index (χ2v) is 6.78. The molecule has 1 heterocycles. The first-order valence-corrected chi connectivity index (χ1v) is 9.65. The first kappa shape index (κ1) is 22.5. The van der Waals surface area contributed by atoms with Crippen LogP contribution in [-0.2, 0) is 12.8 Å². The van der Waals surface area contributed by atoms with E-state index < -0.39 is 12.1 Å². The minimum Gasteiger partial charge on any atom is -0.464 e. The lowest BCUT2D eigenvalue weighted by Gasteiger charge is -2.12. The van der Waals surface area contributed by atoms with Gasteiger partial charge in [-0.3, -0.25) is 4.79 Å². The third-order valence-corrected chi connectivity index (χ3v) is 4.46. The highest BCUT2D eigenvalue weighted by Gasteiger charge is 2.32. The van der Waals surface area contributed by atoms with Gasteiger partial charge in [0, 0.05) is 24.2 Å². The molecule has 0 radical (unpaired) electrons. The van der Waals surface area contributed by atoms with Crippen molar-refractivity contribution in [2.75, 3.05) is 6.61 Å². The minimum absolute atomic E-state index is 0.144. The Balaban J connectivity index is 1.56. The maximum atomic E-state index is 12.4. The number of alkyl halides is 3. The van der Waals surface area contributed by atoms with E-state index >= 15 is 0 Å². The third kappa shape index (κ3) is 6.65. The largest absolute Gasteiger partial charge is 0.573 e. The number of H-pyrrole nitrogens is 1. The highest BCUT2D eigenvalue weighted by atomic mass is 35.5. The van der Waals surface area contributed by atoms with Gasteiger partial charge in [-0.15, -0.1) is 13.2 Å². The van der Waals surface area contributed by atoms with Crippen molar-refractivity contribution >= 4 is 11.6 Å². The Morgan fingerprint density at radius 3 is 2.45 bits per heavy atom. The molecule has 0 saturated heterocycles. The first-order chi connectivity index (χ1) is 14.7. The number of rotatable bonds is 8. The van der Waals surface area contributed by atoms with Crippen molar-refractivity contribution in [3.63, 3.8) is 0 Å². The van der Waals surface area contributed by atoms with Gasteiger partial charge in [0.25, 0.3) is 11.6 Å². The van der Waals surface area contributed by atoms with Gasteiger partial charge < -0.3 is 19.2 Å². The fourth-order valence-electron chi connectivity index (χ4n) is 2.61. The standard InChI is InChI=1S/C21H18ClF3N2O4/c1-2-14-12-26-20(27-19(14)28)29-10-9-13-3-5-15(6-4-13)30-16-7-8-17(22)18(11-16)31-21(23,24)25/h3-8,11-12H,2,9-10H2,1H3,(H,26,27,28). The minimum atomic E-state index is -4.85. The van der Waals surface area contributed by atoms with E-state index in [1.165, 1.54) is 12.1 Å². The number of benzene rings is 2. The number of ether oxygens (including phenoxy) is 3. The van der Waals surface area contributed by atoms with Crippen molar-refractivity contribution < 1.29 is 27.4 Å². The molecule has 2 aromatic carbocycles. The summed E-state index contributed by atoms with van der Waals surface area (Å²) in [5.41, 5.74) is 1.20. The SMILES string of the molecule is CCc1c[nH]c(OCCc2ccc(Oc3ccc(Cl)c(OC(F)(F)F)c3)cc2)nc1=O. The highest BCUT2D eigenvalue weighted by molar-refractivity contribution is 6.32. The number of nitrogens with one attached hydrogen (secondary N) is 1. The van der Waals surface area contributed by atoms with Crippen LogP contribution in [0.1, 0.15) is 18.1 Å². The second kappa shape index (κ2) is 9.74. The monoisotopic (exact) mass is 454 g/mol. The molecule has 0 saturated carbocycles. The molecule has 6 nitrogen and oxygen atoms in total. The Morgan fingerprint density at radius 2 is 1.81 bits per heavy atom. The van der Waals surface area contributed by atoms with E-state index in [9.17, 15) is 18.0 Å². The van der Waals surface area contributed by atoms with Crippen molar-refractivity contribution in [3.05, 3.63) is 75.2 Å². The molecule has 0 amide bonds. The van der Waals surface area contributed by atoms with Gasteiger partial charge in [-0.25, -0.2) is 0 Å². The number of halogens is 4. The predicted molar refractivity (Wildman–Crippen MR) is 108 cm³/mol. The zero-order chi connectivity index (χ0) is 22.4. The van der Waals surface area contributed by atoms with Crippen molar-refractivity contribution in [1.29, 1.82) is 0 Å². The number of aryl methyl sites for hydroxylation is 1. The van der Waals surface area contributed by atoms with E-state index in [1.54, 1.807) is 30.5 Å². The van der Waals surface area contributed by atoms with E-state index in [0.717, 1.165) is 11.6 Å². The summed E-state index contributed by atoms with van der Waals surface area (Å²) in [6.45, 7) is 2.16. The van der Waals surface area contributed by atoms with Crippen molar-refractivity contribution in [2.24, 2.45) is 0 Å². The fraction of sp³-hybridized carbons (Fsp3) is 0.238. The van der Waals surface area contributed by atoms with Crippen LogP contribution < -0.4 is 19.8 Å². The molecular formula is C21H18ClF3N2O4. The Hall–Kier alpha value is -3.20. The topological polar surface area (TPSA) is 73.4 Å². The molecule has 0 unspecified atom stereocenters. The van der Waals surface area contributed by atoms with Gasteiger partial charge >= 0.3 is 6.36 Å². The summed E-state index contributed by atoms with van der Waals surface area (Å²) in [5, 5.41) is -0.180. The quantitative estimate of drug-likeness (QED) is 0.500. The molecule has 0 aliphatic heterocycles. The summed E-state index contributed by atoms with van der Waals surface area (Å²) in [7, 11) is 0. The molecule has 0 bridgehead atoms. The van der Waals surface area contributed by atoms with Crippen LogP contribution in [0, 0.1) is 0 Å². The van der Waals surface area contributed by atoms with Crippen LogP contribution in [0.5, 0.6) is 23.3 Å². The van der Waals surface area contributed by atoms with E-state index in [1.807, 2.05) is 6.92 Å².